The summed E-state index contributed by atoms with van der Waals surface area (Å²) in [5.41, 5.74) is 0.456. The van der Waals surface area contributed by atoms with Crippen molar-refractivity contribution >= 4 is 18.7 Å². The van der Waals surface area contributed by atoms with E-state index in [2.05, 4.69) is 10.3 Å². The SMILES string of the molecule is OB(O)c1cnc2n1CCCN2. The molecule has 1 aromatic heterocycles. The maximum atomic E-state index is 8.94. The fraction of sp³-hybridized carbons (Fsp3) is 0.500. The lowest BCUT2D eigenvalue weighted by atomic mass is 9.86. The molecule has 12 heavy (non-hydrogen) atoms. The van der Waals surface area contributed by atoms with Crippen LogP contribution in [0.4, 0.5) is 5.95 Å². The summed E-state index contributed by atoms with van der Waals surface area (Å²) >= 11 is 0. The number of nitrogens with zero attached hydrogens (tertiary/aromatic N) is 2. The third kappa shape index (κ3) is 1.09. The lowest BCUT2D eigenvalue weighted by molar-refractivity contribution is 0.421. The first-order chi connectivity index (χ1) is 5.79. The Balaban J connectivity index is 2.38. The summed E-state index contributed by atoms with van der Waals surface area (Å²) in [5.74, 6) is 0.726. The summed E-state index contributed by atoms with van der Waals surface area (Å²) in [6.45, 7) is 1.70. The van der Waals surface area contributed by atoms with Crippen molar-refractivity contribution in [2.75, 3.05) is 11.9 Å². The first-order valence-corrected chi connectivity index (χ1v) is 3.94. The van der Waals surface area contributed by atoms with E-state index in [1.54, 1.807) is 4.57 Å². The van der Waals surface area contributed by atoms with Gasteiger partial charge in [0.2, 0.25) is 5.95 Å². The molecule has 0 aliphatic carbocycles. The largest absolute Gasteiger partial charge is 0.507 e. The summed E-state index contributed by atoms with van der Waals surface area (Å²) in [4.78, 5) is 4.01. The fourth-order valence-corrected chi connectivity index (χ4v) is 1.41. The van der Waals surface area contributed by atoms with Gasteiger partial charge in [-0.25, -0.2) is 4.98 Å². The Morgan fingerprint density at radius 3 is 3.17 bits per heavy atom. The molecule has 0 radical (unpaired) electrons. The van der Waals surface area contributed by atoms with E-state index in [1.165, 1.54) is 6.20 Å². The van der Waals surface area contributed by atoms with Crippen LogP contribution in [0.3, 0.4) is 0 Å². The standard InChI is InChI=1S/C6H10BN3O2/c11-7(12)5-4-9-6-8-2-1-3-10(5)6/h4,11-12H,1-3H2,(H,8,9). The minimum Gasteiger partial charge on any atom is -0.422 e. The molecule has 0 unspecified atom stereocenters. The van der Waals surface area contributed by atoms with Gasteiger partial charge in [-0.05, 0) is 6.42 Å². The van der Waals surface area contributed by atoms with Gasteiger partial charge in [-0.3, -0.25) is 0 Å². The summed E-state index contributed by atoms with van der Waals surface area (Å²) in [7, 11) is -1.42. The van der Waals surface area contributed by atoms with Gasteiger partial charge in [0.1, 0.15) is 0 Å². The number of hydrogen-bond acceptors (Lipinski definition) is 4. The van der Waals surface area contributed by atoms with Crippen LogP contribution in [0.15, 0.2) is 6.20 Å². The van der Waals surface area contributed by atoms with Gasteiger partial charge in [-0.1, -0.05) is 0 Å². The minimum atomic E-state index is -1.42. The number of hydrogen-bond donors (Lipinski definition) is 3. The number of imidazole rings is 1. The minimum absolute atomic E-state index is 0.456. The van der Waals surface area contributed by atoms with E-state index in [9.17, 15) is 0 Å². The van der Waals surface area contributed by atoms with Crippen molar-refractivity contribution < 1.29 is 10.0 Å². The first-order valence-electron chi connectivity index (χ1n) is 3.94. The summed E-state index contributed by atoms with van der Waals surface area (Å²) in [5, 5.41) is 20.9. The molecule has 0 spiro atoms. The average molecular weight is 167 g/mol. The molecule has 1 aromatic rings. The number of aromatic nitrogens is 2. The van der Waals surface area contributed by atoms with Crippen LogP contribution in [0.2, 0.25) is 0 Å². The van der Waals surface area contributed by atoms with Crippen LogP contribution < -0.4 is 10.9 Å². The fourth-order valence-electron chi connectivity index (χ4n) is 1.41. The van der Waals surface area contributed by atoms with Crippen molar-refractivity contribution in [3.8, 4) is 0 Å². The Morgan fingerprint density at radius 2 is 2.42 bits per heavy atom. The average Bonchev–Trinajstić information content (AvgIpc) is 2.47. The highest BCUT2D eigenvalue weighted by Crippen LogP contribution is 2.08. The normalized spacial score (nSPS) is 15.2. The van der Waals surface area contributed by atoms with E-state index in [4.69, 9.17) is 10.0 Å². The van der Waals surface area contributed by atoms with Gasteiger partial charge in [0.05, 0.1) is 5.59 Å². The van der Waals surface area contributed by atoms with E-state index < -0.39 is 7.12 Å². The molecule has 1 aliphatic rings. The molecule has 1 aliphatic heterocycles. The lowest BCUT2D eigenvalue weighted by Crippen LogP contribution is -2.38. The summed E-state index contributed by atoms with van der Waals surface area (Å²) in [6, 6.07) is 0. The molecule has 0 saturated carbocycles. The molecule has 0 aromatic carbocycles. The van der Waals surface area contributed by atoms with Gasteiger partial charge in [0, 0.05) is 19.3 Å². The van der Waals surface area contributed by atoms with Crippen LogP contribution in [-0.4, -0.2) is 33.3 Å². The molecule has 0 amide bonds. The van der Waals surface area contributed by atoms with Gasteiger partial charge in [0.25, 0.3) is 0 Å². The van der Waals surface area contributed by atoms with Crippen molar-refractivity contribution in [2.24, 2.45) is 0 Å². The third-order valence-corrected chi connectivity index (χ3v) is 1.99. The van der Waals surface area contributed by atoms with Crippen molar-refractivity contribution in [2.45, 2.75) is 13.0 Å². The highest BCUT2D eigenvalue weighted by Gasteiger charge is 2.21. The second-order valence-electron chi connectivity index (χ2n) is 2.81. The van der Waals surface area contributed by atoms with E-state index in [1.807, 2.05) is 0 Å². The van der Waals surface area contributed by atoms with Crippen molar-refractivity contribution in [1.29, 1.82) is 0 Å². The van der Waals surface area contributed by atoms with Crippen molar-refractivity contribution in [3.05, 3.63) is 6.20 Å². The second kappa shape index (κ2) is 2.80. The van der Waals surface area contributed by atoms with E-state index >= 15 is 0 Å². The topological polar surface area (TPSA) is 70.3 Å². The predicted octanol–water partition coefficient (Wildman–Crippen LogP) is -1.62. The van der Waals surface area contributed by atoms with Gasteiger partial charge < -0.3 is 19.9 Å². The summed E-state index contributed by atoms with van der Waals surface area (Å²) < 4.78 is 1.79. The van der Waals surface area contributed by atoms with Crippen LogP contribution in [-0.2, 0) is 6.54 Å². The molecular weight excluding hydrogens is 157 g/mol. The number of nitrogens with one attached hydrogen (secondary N) is 1. The monoisotopic (exact) mass is 167 g/mol. The first kappa shape index (κ1) is 7.63. The van der Waals surface area contributed by atoms with Crippen LogP contribution in [0.1, 0.15) is 6.42 Å². The molecule has 0 bridgehead atoms. The van der Waals surface area contributed by atoms with Crippen molar-refractivity contribution in [3.63, 3.8) is 0 Å². The van der Waals surface area contributed by atoms with Crippen LogP contribution in [0, 0.1) is 0 Å². The maximum absolute atomic E-state index is 8.94. The Bertz CT molecular complexity index is 286. The number of anilines is 1. The quantitative estimate of drug-likeness (QED) is 0.439. The predicted molar refractivity (Wildman–Crippen MR) is 45.2 cm³/mol. The molecule has 2 rings (SSSR count). The molecular formula is C6H10BN3O2. The van der Waals surface area contributed by atoms with E-state index in [0.29, 0.717) is 5.59 Å². The molecule has 64 valence electrons. The molecule has 0 fully saturated rings. The van der Waals surface area contributed by atoms with E-state index in [-0.39, 0.29) is 0 Å². The highest BCUT2D eigenvalue weighted by atomic mass is 16.4. The highest BCUT2D eigenvalue weighted by molar-refractivity contribution is 6.57. The molecule has 0 atom stereocenters. The Kier molecular flexibility index (Phi) is 1.78. The number of rotatable bonds is 1. The van der Waals surface area contributed by atoms with Crippen LogP contribution in [0.5, 0.6) is 0 Å². The number of fused-ring (bicyclic) bond motifs is 1. The molecule has 6 heteroatoms. The molecule has 5 nitrogen and oxygen atoms in total. The van der Waals surface area contributed by atoms with Gasteiger partial charge in [-0.15, -0.1) is 0 Å². The Hall–Kier alpha value is -1.01. The zero-order valence-corrected chi connectivity index (χ0v) is 6.56. The third-order valence-electron chi connectivity index (χ3n) is 1.99. The van der Waals surface area contributed by atoms with Gasteiger partial charge in [-0.2, -0.15) is 0 Å². The smallest absolute Gasteiger partial charge is 0.422 e. The summed E-state index contributed by atoms with van der Waals surface area (Å²) in [6.07, 6.45) is 2.47. The second-order valence-corrected chi connectivity index (χ2v) is 2.81. The lowest BCUT2D eigenvalue weighted by Gasteiger charge is -2.17. The molecule has 2 heterocycles. The Labute approximate surface area is 70.2 Å². The zero-order valence-electron chi connectivity index (χ0n) is 6.56. The maximum Gasteiger partial charge on any atom is 0.507 e. The van der Waals surface area contributed by atoms with Crippen molar-refractivity contribution in [1.82, 2.24) is 9.55 Å². The van der Waals surface area contributed by atoms with Crippen LogP contribution in [0.25, 0.3) is 0 Å². The zero-order chi connectivity index (χ0) is 8.55. The molecule has 0 saturated heterocycles. The van der Waals surface area contributed by atoms with Crippen LogP contribution >= 0.6 is 0 Å². The molecule has 3 N–H and O–H groups in total. The Morgan fingerprint density at radius 1 is 1.58 bits per heavy atom. The van der Waals surface area contributed by atoms with Gasteiger partial charge in [0.15, 0.2) is 0 Å². The van der Waals surface area contributed by atoms with E-state index in [0.717, 1.165) is 25.5 Å². The van der Waals surface area contributed by atoms with Gasteiger partial charge >= 0.3 is 7.12 Å².